The summed E-state index contributed by atoms with van der Waals surface area (Å²) in [7, 11) is 4.90. The van der Waals surface area contributed by atoms with Crippen LogP contribution in [0, 0.1) is 47.3 Å². The van der Waals surface area contributed by atoms with Gasteiger partial charge in [0.25, 0.3) is 11.7 Å². The van der Waals surface area contributed by atoms with Gasteiger partial charge in [-0.1, -0.05) is 90.5 Å². The third-order valence-corrected chi connectivity index (χ3v) is 15.3. The zero-order valence-corrected chi connectivity index (χ0v) is 41.7. The number of rotatable bonds is 6. The number of cyclic esters (lactones) is 1. The first-order valence-electron chi connectivity index (χ1n) is 24.6. The molecule has 0 aromatic heterocycles. The molecule has 12 nitrogen and oxygen atoms in total. The van der Waals surface area contributed by atoms with Crippen LogP contribution in [0.15, 0.2) is 47.6 Å². The first kappa shape index (κ1) is 54.3. The first-order valence-corrected chi connectivity index (χ1v) is 24.6. The lowest BCUT2D eigenvalue weighted by Gasteiger charge is -2.42. The number of fused-ring (bicyclic) bond motifs is 3. The number of amides is 1. The highest BCUT2D eigenvalue weighted by molar-refractivity contribution is 6.39. The van der Waals surface area contributed by atoms with E-state index in [2.05, 4.69) is 19.9 Å². The van der Waals surface area contributed by atoms with Gasteiger partial charge in [-0.15, -0.1) is 0 Å². The third-order valence-electron chi connectivity index (χ3n) is 15.3. The molecular formula is C53H83NO11. The van der Waals surface area contributed by atoms with Crippen LogP contribution >= 0.6 is 0 Å². The van der Waals surface area contributed by atoms with Crippen molar-refractivity contribution >= 4 is 29.2 Å². The van der Waals surface area contributed by atoms with Gasteiger partial charge >= 0.3 is 5.97 Å². The number of piperidine rings is 1. The fraction of sp³-hybridized carbons (Fsp3) is 0.755. The molecule has 1 N–H and O–H groups in total. The quantitative estimate of drug-likeness (QED) is 0.155. The van der Waals surface area contributed by atoms with Crippen molar-refractivity contribution in [2.75, 3.05) is 27.9 Å². The smallest absolute Gasteiger partial charge is 0.329 e. The average molecular weight is 910 g/mol. The van der Waals surface area contributed by atoms with E-state index < -0.39 is 59.6 Å². The number of carbonyl (C=O) groups is 5. The van der Waals surface area contributed by atoms with Crippen molar-refractivity contribution in [1.29, 1.82) is 0 Å². The molecule has 2 saturated heterocycles. The molecule has 1 aliphatic carbocycles. The Hall–Kier alpha value is -3.29. The molecule has 2 bridgehead atoms. The number of esters is 1. The van der Waals surface area contributed by atoms with Gasteiger partial charge in [-0.05, 0) is 107 Å². The van der Waals surface area contributed by atoms with Gasteiger partial charge < -0.3 is 33.7 Å². The zero-order valence-electron chi connectivity index (χ0n) is 41.7. The second-order valence-electron chi connectivity index (χ2n) is 20.3. The van der Waals surface area contributed by atoms with E-state index in [4.69, 9.17) is 23.7 Å². The van der Waals surface area contributed by atoms with Crippen LogP contribution in [0.5, 0.6) is 0 Å². The molecule has 0 aromatic rings. The Morgan fingerprint density at radius 2 is 1.55 bits per heavy atom. The summed E-state index contributed by atoms with van der Waals surface area (Å²) in [5.74, 6) is -6.38. The normalized spacial score (nSPS) is 40.4. The monoisotopic (exact) mass is 910 g/mol. The van der Waals surface area contributed by atoms with Crippen LogP contribution in [0.2, 0.25) is 0 Å². The van der Waals surface area contributed by atoms with Gasteiger partial charge in [-0.3, -0.25) is 19.2 Å². The van der Waals surface area contributed by atoms with Crippen molar-refractivity contribution < 1.29 is 52.8 Å². The summed E-state index contributed by atoms with van der Waals surface area (Å²) in [5.41, 5.74) is 1.77. The molecule has 15 atom stereocenters. The van der Waals surface area contributed by atoms with Gasteiger partial charge in [0, 0.05) is 64.4 Å². The molecule has 12 heteroatoms. The van der Waals surface area contributed by atoms with E-state index in [0.29, 0.717) is 56.8 Å². The lowest BCUT2D eigenvalue weighted by atomic mass is 9.76. The number of ketones is 3. The van der Waals surface area contributed by atoms with Gasteiger partial charge in [0.05, 0.1) is 18.3 Å². The predicted octanol–water partition coefficient (Wildman–Crippen LogP) is 8.73. The van der Waals surface area contributed by atoms with Crippen LogP contribution in [-0.4, -0.2) is 109 Å². The summed E-state index contributed by atoms with van der Waals surface area (Å²) < 4.78 is 30.1. The van der Waals surface area contributed by atoms with Crippen LogP contribution < -0.4 is 0 Å². The Bertz CT molecular complexity index is 1750. The maximum Gasteiger partial charge on any atom is 0.329 e. The first-order chi connectivity index (χ1) is 30.7. The molecule has 1 unspecified atom stereocenters. The molecule has 65 heavy (non-hydrogen) atoms. The minimum absolute atomic E-state index is 0.0102. The number of Topliss-reactive ketones (excluding diaryl/α,β-unsaturated/α-hetero) is 3. The standard InChI is InChI=1S/C53H83NO11/c1-32-18-14-13-15-19-33(2)46(62-11)30-42-24-22-39(8)53(60,65-42)50(57)51(58)54-25-17-16-20-43(54)52(59)64-47(37(6)28-41-23-21-34(3)45(29-41)61-10)31-44(55)36(5)27-35(4)40(9)49(63-12)48(56)38(7)26-32/h13-15,18-19,27,32,34,36-43,45-47,49,60H,16-17,20-26,28-31H2,1-12H3/b15-13+,18-14+,33-19+,35-27+/t32-,34-,36-,37-,38-,39-,40-,41+,42+,43+,45-,46+,47?,49-,53-/m1/s1. The summed E-state index contributed by atoms with van der Waals surface area (Å²) in [6.45, 7) is 17.7. The Morgan fingerprint density at radius 3 is 2.23 bits per heavy atom. The molecule has 1 saturated carbocycles. The molecular weight excluding hydrogens is 827 g/mol. The minimum atomic E-state index is -2.39. The number of aliphatic hydroxyl groups is 1. The molecule has 366 valence electrons. The molecule has 3 heterocycles. The molecule has 4 aliphatic rings. The molecule has 0 spiro atoms. The van der Waals surface area contributed by atoms with E-state index >= 15 is 0 Å². The van der Waals surface area contributed by atoms with Crippen LogP contribution in [0.25, 0.3) is 0 Å². The molecule has 4 rings (SSSR count). The second kappa shape index (κ2) is 25.2. The summed E-state index contributed by atoms with van der Waals surface area (Å²) in [5, 5.41) is 12.0. The molecule has 1 amide bonds. The summed E-state index contributed by atoms with van der Waals surface area (Å²) in [4.78, 5) is 72.3. The molecule has 3 fully saturated rings. The van der Waals surface area contributed by atoms with Crippen molar-refractivity contribution in [3.05, 3.63) is 47.6 Å². The van der Waals surface area contributed by atoms with Crippen LogP contribution in [-0.2, 0) is 47.7 Å². The highest BCUT2D eigenvalue weighted by atomic mass is 16.6. The van der Waals surface area contributed by atoms with Gasteiger partial charge in [0.15, 0.2) is 5.78 Å². The maximum absolute atomic E-state index is 14.4. The Kier molecular flexibility index (Phi) is 21.0. The van der Waals surface area contributed by atoms with Gasteiger partial charge in [-0.2, -0.15) is 0 Å². The fourth-order valence-electron chi connectivity index (χ4n) is 10.6. The predicted molar refractivity (Wildman–Crippen MR) is 251 cm³/mol. The van der Waals surface area contributed by atoms with E-state index in [9.17, 15) is 29.1 Å². The summed E-state index contributed by atoms with van der Waals surface area (Å²) >= 11 is 0. The van der Waals surface area contributed by atoms with E-state index in [0.717, 1.165) is 30.4 Å². The number of nitrogens with zero attached hydrogens (tertiary/aromatic N) is 1. The average Bonchev–Trinajstić information content (AvgIpc) is 3.28. The van der Waals surface area contributed by atoms with Gasteiger partial charge in [0.1, 0.15) is 24.0 Å². The van der Waals surface area contributed by atoms with Crippen molar-refractivity contribution in [3.63, 3.8) is 0 Å². The lowest BCUT2D eigenvalue weighted by Crippen LogP contribution is -2.61. The Labute approximate surface area is 390 Å². The number of hydrogen-bond donors (Lipinski definition) is 1. The van der Waals surface area contributed by atoms with E-state index in [1.165, 1.54) is 4.90 Å². The van der Waals surface area contributed by atoms with E-state index in [1.54, 1.807) is 28.3 Å². The van der Waals surface area contributed by atoms with E-state index in [1.807, 2.05) is 71.9 Å². The molecule has 0 radical (unpaired) electrons. The summed E-state index contributed by atoms with van der Waals surface area (Å²) in [6.07, 6.45) is 16.4. The number of methoxy groups -OCH3 is 3. The summed E-state index contributed by atoms with van der Waals surface area (Å²) in [6, 6.07) is -1.07. The lowest BCUT2D eigenvalue weighted by molar-refractivity contribution is -0.265. The van der Waals surface area contributed by atoms with Crippen molar-refractivity contribution in [1.82, 2.24) is 4.90 Å². The Morgan fingerprint density at radius 1 is 0.831 bits per heavy atom. The zero-order chi connectivity index (χ0) is 48.2. The van der Waals surface area contributed by atoms with Crippen LogP contribution in [0.3, 0.4) is 0 Å². The van der Waals surface area contributed by atoms with Gasteiger partial charge in [-0.25, -0.2) is 4.79 Å². The molecule has 0 aromatic carbocycles. The molecule has 3 aliphatic heterocycles. The topological polar surface area (TPSA) is 155 Å². The van der Waals surface area contributed by atoms with Crippen LogP contribution in [0.1, 0.15) is 139 Å². The third kappa shape index (κ3) is 14.4. The number of hydrogen-bond acceptors (Lipinski definition) is 11. The van der Waals surface area contributed by atoms with Crippen molar-refractivity contribution in [2.24, 2.45) is 47.3 Å². The second-order valence-corrected chi connectivity index (χ2v) is 20.3. The number of ether oxygens (including phenoxy) is 5. The number of carbonyl (C=O) groups excluding carboxylic acids is 5. The van der Waals surface area contributed by atoms with Crippen molar-refractivity contribution in [3.8, 4) is 0 Å². The minimum Gasteiger partial charge on any atom is -0.460 e. The van der Waals surface area contributed by atoms with E-state index in [-0.39, 0.29) is 66.8 Å². The van der Waals surface area contributed by atoms with Crippen LogP contribution in [0.4, 0.5) is 0 Å². The maximum atomic E-state index is 14.4. The highest BCUT2D eigenvalue weighted by Crippen LogP contribution is 2.38. The largest absolute Gasteiger partial charge is 0.460 e. The SMILES string of the molecule is CO[C@H]1C[C@@H]2CC[C@@H](C)[C@@](O)(O2)C(=O)C(=O)N2CCCC[C@H]2C(=O)OC([C@H](C)C[C@@H]2CC[C@@H](C)[C@H](OC)C2)CC(=O)[C@H](C)/C=C(\C)[C@@H](C)[C@@H](OC)C(=O)[C@H](C)C[C@H](C)/C=C/C=C/C=C/1C. The number of allylic oxidation sites excluding steroid dienone is 6. The van der Waals surface area contributed by atoms with Crippen molar-refractivity contribution in [2.45, 2.75) is 182 Å². The fourth-order valence-corrected chi connectivity index (χ4v) is 10.6. The van der Waals surface area contributed by atoms with Gasteiger partial charge in [0.2, 0.25) is 5.79 Å². The highest BCUT2D eigenvalue weighted by Gasteiger charge is 2.53. The Balaban J connectivity index is 1.70.